The predicted molar refractivity (Wildman–Crippen MR) is 60.2 cm³/mol. The Labute approximate surface area is 89.0 Å². The van der Waals surface area contributed by atoms with Crippen LogP contribution in [0.1, 0.15) is 5.56 Å². The van der Waals surface area contributed by atoms with Crippen molar-refractivity contribution in [1.29, 1.82) is 0 Å². The van der Waals surface area contributed by atoms with Crippen LogP contribution in [0.15, 0.2) is 42.7 Å². The highest BCUT2D eigenvalue weighted by Gasteiger charge is 1.99. The zero-order valence-electron chi connectivity index (χ0n) is 8.43. The summed E-state index contributed by atoms with van der Waals surface area (Å²) in [7, 11) is 0. The Kier molecular flexibility index (Phi) is 3.05. The molecule has 1 aromatic heterocycles. The molecule has 0 aliphatic carbocycles. The van der Waals surface area contributed by atoms with Gasteiger partial charge in [0.2, 0.25) is 0 Å². The lowest BCUT2D eigenvalue weighted by atomic mass is 10.2. The summed E-state index contributed by atoms with van der Waals surface area (Å²) in [6.45, 7) is 0.633. The SMILES string of the molecule is NCCc1cnc(-c2ccccc2)nc1. The summed E-state index contributed by atoms with van der Waals surface area (Å²) >= 11 is 0. The van der Waals surface area contributed by atoms with E-state index < -0.39 is 0 Å². The van der Waals surface area contributed by atoms with E-state index in [1.807, 2.05) is 42.7 Å². The van der Waals surface area contributed by atoms with Gasteiger partial charge in [-0.05, 0) is 18.5 Å². The molecule has 0 unspecified atom stereocenters. The molecule has 0 fully saturated rings. The molecule has 15 heavy (non-hydrogen) atoms. The number of rotatable bonds is 3. The molecule has 0 saturated heterocycles. The van der Waals surface area contributed by atoms with Gasteiger partial charge in [-0.25, -0.2) is 9.97 Å². The largest absolute Gasteiger partial charge is 0.330 e. The highest BCUT2D eigenvalue weighted by atomic mass is 14.9. The number of aromatic nitrogens is 2. The van der Waals surface area contributed by atoms with Crippen LogP contribution in [0.5, 0.6) is 0 Å². The summed E-state index contributed by atoms with van der Waals surface area (Å²) < 4.78 is 0. The van der Waals surface area contributed by atoms with Gasteiger partial charge >= 0.3 is 0 Å². The lowest BCUT2D eigenvalue weighted by molar-refractivity contribution is 0.943. The van der Waals surface area contributed by atoms with Crippen LogP contribution in [0.4, 0.5) is 0 Å². The van der Waals surface area contributed by atoms with E-state index in [0.29, 0.717) is 6.54 Å². The lowest BCUT2D eigenvalue weighted by Gasteiger charge is -2.01. The van der Waals surface area contributed by atoms with E-state index in [0.717, 1.165) is 23.4 Å². The van der Waals surface area contributed by atoms with Gasteiger partial charge in [-0.3, -0.25) is 0 Å². The highest BCUT2D eigenvalue weighted by molar-refractivity contribution is 5.53. The van der Waals surface area contributed by atoms with Gasteiger partial charge in [0.15, 0.2) is 5.82 Å². The van der Waals surface area contributed by atoms with Gasteiger partial charge in [-0.15, -0.1) is 0 Å². The Balaban J connectivity index is 2.24. The summed E-state index contributed by atoms with van der Waals surface area (Å²) in [5, 5.41) is 0. The first-order valence-electron chi connectivity index (χ1n) is 4.96. The fourth-order valence-corrected chi connectivity index (χ4v) is 1.39. The van der Waals surface area contributed by atoms with Crippen molar-refractivity contribution in [2.45, 2.75) is 6.42 Å². The van der Waals surface area contributed by atoms with Gasteiger partial charge in [0, 0.05) is 18.0 Å². The van der Waals surface area contributed by atoms with Crippen molar-refractivity contribution < 1.29 is 0 Å². The van der Waals surface area contributed by atoms with E-state index in [1.54, 1.807) is 0 Å². The molecule has 0 bridgehead atoms. The Morgan fingerprint density at radius 1 is 1.00 bits per heavy atom. The quantitative estimate of drug-likeness (QED) is 0.817. The standard InChI is InChI=1S/C12H13N3/c13-7-6-10-8-14-12(15-9-10)11-4-2-1-3-5-11/h1-5,8-9H,6-7,13H2. The second kappa shape index (κ2) is 4.66. The van der Waals surface area contributed by atoms with E-state index in [2.05, 4.69) is 9.97 Å². The molecule has 2 N–H and O–H groups in total. The zero-order chi connectivity index (χ0) is 10.5. The van der Waals surface area contributed by atoms with Crippen LogP contribution in [0, 0.1) is 0 Å². The van der Waals surface area contributed by atoms with Crippen molar-refractivity contribution in [3.63, 3.8) is 0 Å². The van der Waals surface area contributed by atoms with Crippen molar-refractivity contribution in [3.8, 4) is 11.4 Å². The maximum atomic E-state index is 5.45. The van der Waals surface area contributed by atoms with Crippen LogP contribution < -0.4 is 5.73 Å². The molecule has 0 spiro atoms. The molecule has 0 aliphatic rings. The van der Waals surface area contributed by atoms with Crippen LogP contribution in [-0.4, -0.2) is 16.5 Å². The second-order valence-corrected chi connectivity index (χ2v) is 3.32. The number of nitrogens with two attached hydrogens (primary N) is 1. The first kappa shape index (κ1) is 9.80. The topological polar surface area (TPSA) is 51.8 Å². The number of nitrogens with zero attached hydrogens (tertiary/aromatic N) is 2. The molecule has 2 rings (SSSR count). The highest BCUT2D eigenvalue weighted by Crippen LogP contribution is 2.12. The monoisotopic (exact) mass is 199 g/mol. The molecule has 0 amide bonds. The minimum absolute atomic E-state index is 0.633. The predicted octanol–water partition coefficient (Wildman–Crippen LogP) is 1.64. The molecular weight excluding hydrogens is 186 g/mol. The summed E-state index contributed by atoms with van der Waals surface area (Å²) in [5.74, 6) is 0.761. The first-order valence-corrected chi connectivity index (χ1v) is 4.96. The molecule has 3 nitrogen and oxygen atoms in total. The van der Waals surface area contributed by atoms with Crippen molar-refractivity contribution in [3.05, 3.63) is 48.3 Å². The van der Waals surface area contributed by atoms with Gasteiger partial charge in [0.1, 0.15) is 0 Å². The van der Waals surface area contributed by atoms with Crippen LogP contribution in [0.2, 0.25) is 0 Å². The normalized spacial score (nSPS) is 10.2. The number of benzene rings is 1. The van der Waals surface area contributed by atoms with E-state index in [4.69, 9.17) is 5.73 Å². The van der Waals surface area contributed by atoms with Crippen LogP contribution in [0.25, 0.3) is 11.4 Å². The van der Waals surface area contributed by atoms with Crippen LogP contribution in [-0.2, 0) is 6.42 Å². The molecule has 1 heterocycles. The van der Waals surface area contributed by atoms with Crippen molar-refractivity contribution in [1.82, 2.24) is 9.97 Å². The Morgan fingerprint density at radius 3 is 2.27 bits per heavy atom. The van der Waals surface area contributed by atoms with Crippen molar-refractivity contribution in [2.24, 2.45) is 5.73 Å². The maximum absolute atomic E-state index is 5.45. The molecule has 3 heteroatoms. The van der Waals surface area contributed by atoms with Gasteiger partial charge in [-0.1, -0.05) is 30.3 Å². The lowest BCUT2D eigenvalue weighted by Crippen LogP contribution is -2.03. The molecule has 76 valence electrons. The minimum atomic E-state index is 0.633. The second-order valence-electron chi connectivity index (χ2n) is 3.32. The van der Waals surface area contributed by atoms with Crippen molar-refractivity contribution in [2.75, 3.05) is 6.54 Å². The average Bonchev–Trinajstić information content (AvgIpc) is 2.32. The van der Waals surface area contributed by atoms with E-state index in [9.17, 15) is 0 Å². The van der Waals surface area contributed by atoms with Crippen LogP contribution >= 0.6 is 0 Å². The summed E-state index contributed by atoms with van der Waals surface area (Å²) in [4.78, 5) is 8.60. The summed E-state index contributed by atoms with van der Waals surface area (Å²) in [5.41, 5.74) is 7.57. The average molecular weight is 199 g/mol. The number of hydrogen-bond donors (Lipinski definition) is 1. The fourth-order valence-electron chi connectivity index (χ4n) is 1.39. The number of hydrogen-bond acceptors (Lipinski definition) is 3. The van der Waals surface area contributed by atoms with Crippen molar-refractivity contribution >= 4 is 0 Å². The Bertz CT molecular complexity index is 409. The third-order valence-corrected chi connectivity index (χ3v) is 2.17. The molecular formula is C12H13N3. The Morgan fingerprint density at radius 2 is 1.67 bits per heavy atom. The van der Waals surface area contributed by atoms with Gasteiger partial charge in [-0.2, -0.15) is 0 Å². The zero-order valence-corrected chi connectivity index (χ0v) is 8.43. The summed E-state index contributed by atoms with van der Waals surface area (Å²) in [6, 6.07) is 9.93. The molecule has 0 saturated carbocycles. The maximum Gasteiger partial charge on any atom is 0.159 e. The third kappa shape index (κ3) is 2.39. The smallest absolute Gasteiger partial charge is 0.159 e. The van der Waals surface area contributed by atoms with Gasteiger partial charge in [0.05, 0.1) is 0 Å². The molecule has 0 aliphatic heterocycles. The molecule has 2 aromatic rings. The Hall–Kier alpha value is -1.74. The van der Waals surface area contributed by atoms with E-state index in [-0.39, 0.29) is 0 Å². The summed E-state index contributed by atoms with van der Waals surface area (Å²) in [6.07, 6.45) is 4.50. The minimum Gasteiger partial charge on any atom is -0.330 e. The van der Waals surface area contributed by atoms with E-state index in [1.165, 1.54) is 0 Å². The van der Waals surface area contributed by atoms with Crippen LogP contribution in [0.3, 0.4) is 0 Å². The van der Waals surface area contributed by atoms with Gasteiger partial charge in [0.25, 0.3) is 0 Å². The van der Waals surface area contributed by atoms with E-state index >= 15 is 0 Å². The fraction of sp³-hybridized carbons (Fsp3) is 0.167. The molecule has 0 radical (unpaired) electrons. The third-order valence-electron chi connectivity index (χ3n) is 2.17. The first-order chi connectivity index (χ1) is 7.40. The molecule has 1 aromatic carbocycles. The van der Waals surface area contributed by atoms with Gasteiger partial charge < -0.3 is 5.73 Å². The molecule has 0 atom stereocenters.